The van der Waals surface area contributed by atoms with Gasteiger partial charge in [-0.2, -0.15) is 0 Å². The zero-order chi connectivity index (χ0) is 16.1. The van der Waals surface area contributed by atoms with Crippen molar-refractivity contribution in [2.75, 3.05) is 39.8 Å². The van der Waals surface area contributed by atoms with Crippen LogP contribution in [0.2, 0.25) is 10.0 Å². The summed E-state index contributed by atoms with van der Waals surface area (Å²) in [7, 11) is 2.05. The molecule has 1 aliphatic heterocycles. The van der Waals surface area contributed by atoms with Crippen LogP contribution in [-0.4, -0.2) is 55.5 Å². The van der Waals surface area contributed by atoms with E-state index in [1.807, 2.05) is 4.90 Å². The van der Waals surface area contributed by atoms with Gasteiger partial charge in [-0.3, -0.25) is 4.79 Å². The fourth-order valence-corrected chi connectivity index (χ4v) is 2.93. The quantitative estimate of drug-likeness (QED) is 0.765. The summed E-state index contributed by atoms with van der Waals surface area (Å²) in [6.45, 7) is 5.86. The third kappa shape index (κ3) is 4.28. The average Bonchev–Trinajstić information content (AvgIpc) is 2.50. The number of likely N-dealkylation sites (N-methyl/N-ethyl adjacent to an activating group) is 1. The largest absolute Gasteiger partial charge is 0.490 e. The van der Waals surface area contributed by atoms with Gasteiger partial charge in [-0.05, 0) is 25.6 Å². The summed E-state index contributed by atoms with van der Waals surface area (Å²) in [6, 6.07) is 3.30. The van der Waals surface area contributed by atoms with E-state index in [0.717, 1.165) is 39.0 Å². The van der Waals surface area contributed by atoms with Crippen LogP contribution in [0.15, 0.2) is 12.1 Å². The second kappa shape index (κ2) is 8.04. The maximum Gasteiger partial charge on any atom is 0.254 e. The molecule has 0 radical (unpaired) electrons. The smallest absolute Gasteiger partial charge is 0.254 e. The molecular weight excluding hydrogens is 323 g/mol. The first-order valence-corrected chi connectivity index (χ1v) is 8.38. The second-order valence-electron chi connectivity index (χ2n) is 5.57. The molecule has 1 fully saturated rings. The van der Waals surface area contributed by atoms with Gasteiger partial charge in [-0.15, -0.1) is 0 Å². The van der Waals surface area contributed by atoms with Crippen LogP contribution in [-0.2, 0) is 0 Å². The standard InChI is InChI=1S/C16H22Cl2N2O2/c1-3-4-9-22-15-13(17)10-12(11-14(15)18)16(21)20-7-5-19(2)6-8-20/h10-11H,3-9H2,1-2H3. The Hall–Kier alpha value is -0.970. The van der Waals surface area contributed by atoms with Crippen molar-refractivity contribution in [1.29, 1.82) is 0 Å². The maximum atomic E-state index is 12.5. The predicted molar refractivity (Wildman–Crippen MR) is 90.3 cm³/mol. The number of halogens is 2. The first kappa shape index (κ1) is 17.4. The molecular formula is C16H22Cl2N2O2. The third-order valence-electron chi connectivity index (χ3n) is 3.78. The molecule has 0 N–H and O–H groups in total. The van der Waals surface area contributed by atoms with E-state index in [1.54, 1.807) is 12.1 Å². The van der Waals surface area contributed by atoms with Gasteiger partial charge in [0, 0.05) is 31.7 Å². The zero-order valence-electron chi connectivity index (χ0n) is 13.1. The Morgan fingerprint density at radius 1 is 1.18 bits per heavy atom. The topological polar surface area (TPSA) is 32.8 Å². The van der Waals surface area contributed by atoms with E-state index in [0.29, 0.717) is 28.0 Å². The van der Waals surface area contributed by atoms with Gasteiger partial charge in [-0.1, -0.05) is 36.5 Å². The molecule has 6 heteroatoms. The molecule has 1 heterocycles. The molecule has 0 spiro atoms. The molecule has 0 aromatic heterocycles. The van der Waals surface area contributed by atoms with Gasteiger partial charge >= 0.3 is 0 Å². The fraction of sp³-hybridized carbons (Fsp3) is 0.562. The lowest BCUT2D eigenvalue weighted by Gasteiger charge is -2.32. The normalized spacial score (nSPS) is 15.9. The van der Waals surface area contributed by atoms with E-state index >= 15 is 0 Å². The van der Waals surface area contributed by atoms with Gasteiger partial charge < -0.3 is 14.5 Å². The number of carbonyl (C=O) groups is 1. The fourth-order valence-electron chi connectivity index (χ4n) is 2.33. The van der Waals surface area contributed by atoms with E-state index in [9.17, 15) is 4.79 Å². The van der Waals surface area contributed by atoms with Crippen molar-refractivity contribution >= 4 is 29.1 Å². The molecule has 0 aliphatic carbocycles. The summed E-state index contributed by atoms with van der Waals surface area (Å²) in [5.74, 6) is 0.434. The van der Waals surface area contributed by atoms with E-state index in [-0.39, 0.29) is 5.91 Å². The van der Waals surface area contributed by atoms with E-state index in [4.69, 9.17) is 27.9 Å². The lowest BCUT2D eigenvalue weighted by Crippen LogP contribution is -2.47. The van der Waals surface area contributed by atoms with Crippen molar-refractivity contribution in [1.82, 2.24) is 9.80 Å². The Balaban J connectivity index is 2.10. The minimum Gasteiger partial charge on any atom is -0.490 e. The first-order valence-electron chi connectivity index (χ1n) is 7.62. The summed E-state index contributed by atoms with van der Waals surface area (Å²) in [5.41, 5.74) is 0.516. The van der Waals surface area contributed by atoms with Crippen LogP contribution in [0.3, 0.4) is 0 Å². The number of benzene rings is 1. The SMILES string of the molecule is CCCCOc1c(Cl)cc(C(=O)N2CCN(C)CC2)cc1Cl. The molecule has 0 unspecified atom stereocenters. The molecule has 1 aromatic rings. The molecule has 0 atom stereocenters. The van der Waals surface area contributed by atoms with Crippen LogP contribution in [0.1, 0.15) is 30.1 Å². The molecule has 1 aromatic carbocycles. The van der Waals surface area contributed by atoms with Gasteiger partial charge in [0.25, 0.3) is 5.91 Å². The zero-order valence-corrected chi connectivity index (χ0v) is 14.6. The third-order valence-corrected chi connectivity index (χ3v) is 4.34. The Bertz CT molecular complexity index is 506. The summed E-state index contributed by atoms with van der Waals surface area (Å²) in [5, 5.41) is 0.780. The number of hydrogen-bond donors (Lipinski definition) is 0. The van der Waals surface area contributed by atoms with Gasteiger partial charge in [-0.25, -0.2) is 0 Å². The number of nitrogens with zero attached hydrogens (tertiary/aromatic N) is 2. The minimum atomic E-state index is -0.0305. The van der Waals surface area contributed by atoms with E-state index in [1.165, 1.54) is 0 Å². The van der Waals surface area contributed by atoms with Crippen molar-refractivity contribution in [2.24, 2.45) is 0 Å². The second-order valence-corrected chi connectivity index (χ2v) is 6.38. The molecule has 1 saturated heterocycles. The highest BCUT2D eigenvalue weighted by molar-refractivity contribution is 6.37. The minimum absolute atomic E-state index is 0.0305. The molecule has 1 aliphatic rings. The number of ether oxygens (including phenoxy) is 1. The predicted octanol–water partition coefficient (Wildman–Crippen LogP) is 3.56. The monoisotopic (exact) mass is 344 g/mol. The lowest BCUT2D eigenvalue weighted by molar-refractivity contribution is 0.0664. The number of carbonyl (C=O) groups excluding carboxylic acids is 1. The molecule has 22 heavy (non-hydrogen) atoms. The van der Waals surface area contributed by atoms with E-state index in [2.05, 4.69) is 18.9 Å². The van der Waals surface area contributed by atoms with Crippen molar-refractivity contribution < 1.29 is 9.53 Å². The Labute approximate surface area is 141 Å². The molecule has 0 bridgehead atoms. The lowest BCUT2D eigenvalue weighted by atomic mass is 10.1. The van der Waals surface area contributed by atoms with E-state index < -0.39 is 0 Å². The van der Waals surface area contributed by atoms with Crippen LogP contribution >= 0.6 is 23.2 Å². The van der Waals surface area contributed by atoms with Crippen molar-refractivity contribution in [3.63, 3.8) is 0 Å². The van der Waals surface area contributed by atoms with Crippen LogP contribution in [0.25, 0.3) is 0 Å². The number of amides is 1. The Kier molecular flexibility index (Phi) is 6.36. The van der Waals surface area contributed by atoms with Gasteiger partial charge in [0.05, 0.1) is 16.7 Å². The highest BCUT2D eigenvalue weighted by Crippen LogP contribution is 2.34. The van der Waals surface area contributed by atoms with Gasteiger partial charge in [0.2, 0.25) is 0 Å². The van der Waals surface area contributed by atoms with Gasteiger partial charge in [0.15, 0.2) is 5.75 Å². The molecule has 0 saturated carbocycles. The van der Waals surface area contributed by atoms with Crippen LogP contribution < -0.4 is 4.74 Å². The van der Waals surface area contributed by atoms with Crippen molar-refractivity contribution in [3.05, 3.63) is 27.7 Å². The highest BCUT2D eigenvalue weighted by Gasteiger charge is 2.22. The molecule has 4 nitrogen and oxygen atoms in total. The highest BCUT2D eigenvalue weighted by atomic mass is 35.5. The average molecular weight is 345 g/mol. The number of hydrogen-bond acceptors (Lipinski definition) is 3. The summed E-state index contributed by atoms with van der Waals surface area (Å²) >= 11 is 12.5. The summed E-state index contributed by atoms with van der Waals surface area (Å²) < 4.78 is 5.61. The van der Waals surface area contributed by atoms with Crippen LogP contribution in [0.4, 0.5) is 0 Å². The number of piperazine rings is 1. The van der Waals surface area contributed by atoms with Crippen molar-refractivity contribution in [3.8, 4) is 5.75 Å². The van der Waals surface area contributed by atoms with Crippen molar-refractivity contribution in [2.45, 2.75) is 19.8 Å². The number of unbranched alkanes of at least 4 members (excludes halogenated alkanes) is 1. The molecule has 2 rings (SSSR count). The summed E-state index contributed by atoms with van der Waals surface area (Å²) in [4.78, 5) is 16.6. The van der Waals surface area contributed by atoms with Gasteiger partial charge in [0.1, 0.15) is 0 Å². The maximum absolute atomic E-state index is 12.5. The molecule has 122 valence electrons. The Morgan fingerprint density at radius 3 is 2.32 bits per heavy atom. The Morgan fingerprint density at radius 2 is 1.77 bits per heavy atom. The van der Waals surface area contributed by atoms with Crippen LogP contribution in [0.5, 0.6) is 5.75 Å². The molecule has 1 amide bonds. The summed E-state index contributed by atoms with van der Waals surface area (Å²) in [6.07, 6.45) is 1.98. The van der Waals surface area contributed by atoms with Crippen LogP contribution in [0, 0.1) is 0 Å². The first-order chi connectivity index (χ1) is 10.5. The number of rotatable bonds is 5.